The van der Waals surface area contributed by atoms with Gasteiger partial charge in [-0.15, -0.1) is 0 Å². The highest BCUT2D eigenvalue weighted by atomic mass is 14.2. The Hall–Kier alpha value is -2.08. The molecule has 0 atom stereocenters. The Labute approximate surface area is 132 Å². The third kappa shape index (κ3) is 1.43. The summed E-state index contributed by atoms with van der Waals surface area (Å²) in [5, 5.41) is 8.58. The lowest BCUT2D eigenvalue weighted by atomic mass is 9.84. The molecule has 4 rings (SSSR count). The molecule has 0 heteroatoms. The number of rotatable bonds is 0. The van der Waals surface area contributed by atoms with Crippen LogP contribution in [-0.2, 0) is 0 Å². The maximum atomic E-state index is 2.33. The van der Waals surface area contributed by atoms with Crippen molar-refractivity contribution in [3.63, 3.8) is 0 Å². The highest BCUT2D eigenvalue weighted by Gasteiger charge is 2.17. The fraction of sp³-hybridized carbons (Fsp3) is 0.273. The second-order valence-corrected chi connectivity index (χ2v) is 6.82. The normalized spacial score (nSPS) is 12.1. The first-order chi connectivity index (χ1) is 10.4. The average Bonchev–Trinajstić information content (AvgIpc) is 2.53. The van der Waals surface area contributed by atoms with Crippen LogP contribution in [0.1, 0.15) is 33.4 Å². The van der Waals surface area contributed by atoms with Crippen LogP contribution in [0.5, 0.6) is 0 Å². The van der Waals surface area contributed by atoms with Crippen molar-refractivity contribution in [2.75, 3.05) is 0 Å². The van der Waals surface area contributed by atoms with Gasteiger partial charge < -0.3 is 0 Å². The summed E-state index contributed by atoms with van der Waals surface area (Å²) in [5.41, 5.74) is 8.56. The molecule has 0 heterocycles. The van der Waals surface area contributed by atoms with Gasteiger partial charge in [0, 0.05) is 0 Å². The van der Waals surface area contributed by atoms with Crippen LogP contribution in [0.15, 0.2) is 24.3 Å². The van der Waals surface area contributed by atoms with E-state index < -0.39 is 0 Å². The molecule has 4 aromatic rings. The Bertz CT molecular complexity index is 899. The van der Waals surface area contributed by atoms with Gasteiger partial charge in [-0.3, -0.25) is 0 Å². The van der Waals surface area contributed by atoms with Crippen LogP contribution in [0.4, 0.5) is 0 Å². The van der Waals surface area contributed by atoms with Gasteiger partial charge in [0.1, 0.15) is 0 Å². The molecule has 0 saturated carbocycles. The summed E-state index contributed by atoms with van der Waals surface area (Å²) in [5.74, 6) is 0. The van der Waals surface area contributed by atoms with Crippen molar-refractivity contribution in [2.24, 2.45) is 0 Å². The Morgan fingerprint density at radius 2 is 0.591 bits per heavy atom. The molecule has 110 valence electrons. The molecule has 0 spiro atoms. The fourth-order valence-corrected chi connectivity index (χ4v) is 4.12. The standard InChI is InChI=1S/C22H22/c1-11-13(3)17-7-9-19-15(5)12(2)16(6)20-10-8-18(14(11)4)21(17)22(19)20/h7-10H,1-6H3. The van der Waals surface area contributed by atoms with E-state index in [0.717, 1.165) is 0 Å². The minimum Gasteiger partial charge on any atom is -0.0534 e. The van der Waals surface area contributed by atoms with E-state index in [1.54, 1.807) is 0 Å². The summed E-state index contributed by atoms with van der Waals surface area (Å²) < 4.78 is 0. The summed E-state index contributed by atoms with van der Waals surface area (Å²) >= 11 is 0. The van der Waals surface area contributed by atoms with Gasteiger partial charge in [-0.2, -0.15) is 0 Å². The Kier molecular flexibility index (Phi) is 2.61. The van der Waals surface area contributed by atoms with Gasteiger partial charge in [-0.1, -0.05) is 24.3 Å². The van der Waals surface area contributed by atoms with Crippen LogP contribution in [0.3, 0.4) is 0 Å². The molecular weight excluding hydrogens is 264 g/mol. The quantitative estimate of drug-likeness (QED) is 0.326. The molecule has 0 unspecified atom stereocenters. The fourth-order valence-electron chi connectivity index (χ4n) is 4.12. The highest BCUT2D eigenvalue weighted by molar-refractivity contribution is 6.25. The lowest BCUT2D eigenvalue weighted by molar-refractivity contribution is 1.30. The predicted molar refractivity (Wildman–Crippen MR) is 98.6 cm³/mol. The van der Waals surface area contributed by atoms with E-state index in [1.807, 2.05) is 0 Å². The van der Waals surface area contributed by atoms with Gasteiger partial charge in [-0.05, 0) is 107 Å². The largest absolute Gasteiger partial charge is 0.0534 e. The summed E-state index contributed by atoms with van der Waals surface area (Å²) in [6, 6.07) is 9.31. The predicted octanol–water partition coefficient (Wildman–Crippen LogP) is 6.43. The van der Waals surface area contributed by atoms with Crippen molar-refractivity contribution in [3.8, 4) is 0 Å². The monoisotopic (exact) mass is 286 g/mol. The average molecular weight is 286 g/mol. The minimum absolute atomic E-state index is 1.42. The molecular formula is C22H22. The van der Waals surface area contributed by atoms with Crippen molar-refractivity contribution in [2.45, 2.75) is 41.5 Å². The van der Waals surface area contributed by atoms with Gasteiger partial charge >= 0.3 is 0 Å². The molecule has 0 radical (unpaired) electrons. The van der Waals surface area contributed by atoms with Gasteiger partial charge in [-0.25, -0.2) is 0 Å². The van der Waals surface area contributed by atoms with E-state index in [0.29, 0.717) is 0 Å². The third-order valence-electron chi connectivity index (χ3n) is 6.03. The van der Waals surface area contributed by atoms with Crippen molar-refractivity contribution in [1.82, 2.24) is 0 Å². The SMILES string of the molecule is Cc1c(C)c2ccc3c(C)c(C)c(C)c4ccc(c1C)c2c34. The molecule has 0 fully saturated rings. The minimum atomic E-state index is 1.42. The number of aryl methyl sites for hydroxylation is 4. The van der Waals surface area contributed by atoms with Crippen LogP contribution in [0.2, 0.25) is 0 Å². The van der Waals surface area contributed by atoms with Crippen molar-refractivity contribution in [1.29, 1.82) is 0 Å². The molecule has 0 aliphatic rings. The van der Waals surface area contributed by atoms with Crippen LogP contribution >= 0.6 is 0 Å². The van der Waals surface area contributed by atoms with Crippen LogP contribution < -0.4 is 0 Å². The molecule has 0 saturated heterocycles. The molecule has 0 aromatic heterocycles. The summed E-state index contributed by atoms with van der Waals surface area (Å²) in [6.45, 7) is 13.6. The molecule has 0 aliphatic carbocycles. The van der Waals surface area contributed by atoms with Crippen LogP contribution in [0.25, 0.3) is 32.3 Å². The lowest BCUT2D eigenvalue weighted by Crippen LogP contribution is -1.97. The zero-order valence-corrected chi connectivity index (χ0v) is 14.3. The summed E-state index contributed by atoms with van der Waals surface area (Å²) in [7, 11) is 0. The molecule has 0 amide bonds. The molecule has 0 aliphatic heterocycles. The van der Waals surface area contributed by atoms with E-state index in [-0.39, 0.29) is 0 Å². The first kappa shape index (κ1) is 13.6. The Morgan fingerprint density at radius 1 is 0.364 bits per heavy atom. The number of benzene rings is 4. The maximum absolute atomic E-state index is 2.33. The maximum Gasteiger partial charge on any atom is -0.00211 e. The Morgan fingerprint density at radius 3 is 0.818 bits per heavy atom. The van der Waals surface area contributed by atoms with E-state index in [4.69, 9.17) is 0 Å². The molecule has 0 N–H and O–H groups in total. The summed E-state index contributed by atoms with van der Waals surface area (Å²) in [4.78, 5) is 0. The molecule has 0 nitrogen and oxygen atoms in total. The second-order valence-electron chi connectivity index (χ2n) is 6.82. The highest BCUT2D eigenvalue weighted by Crippen LogP contribution is 2.42. The second kappa shape index (κ2) is 4.23. The van der Waals surface area contributed by atoms with E-state index in [1.165, 1.54) is 65.7 Å². The van der Waals surface area contributed by atoms with Crippen molar-refractivity contribution >= 4 is 32.3 Å². The number of hydrogen-bond donors (Lipinski definition) is 0. The number of hydrogen-bond acceptors (Lipinski definition) is 0. The molecule has 0 bridgehead atoms. The molecule has 4 aromatic carbocycles. The summed E-state index contributed by atoms with van der Waals surface area (Å²) in [6.07, 6.45) is 0. The zero-order valence-electron chi connectivity index (χ0n) is 14.3. The van der Waals surface area contributed by atoms with Crippen molar-refractivity contribution in [3.05, 3.63) is 57.6 Å². The van der Waals surface area contributed by atoms with Gasteiger partial charge in [0.05, 0.1) is 0 Å². The van der Waals surface area contributed by atoms with Gasteiger partial charge in [0.15, 0.2) is 0 Å². The topological polar surface area (TPSA) is 0 Å². The van der Waals surface area contributed by atoms with E-state index >= 15 is 0 Å². The van der Waals surface area contributed by atoms with Gasteiger partial charge in [0.2, 0.25) is 0 Å². The van der Waals surface area contributed by atoms with E-state index in [2.05, 4.69) is 65.8 Å². The lowest BCUT2D eigenvalue weighted by Gasteiger charge is -2.20. The smallest absolute Gasteiger partial charge is 0.00211 e. The Balaban J connectivity index is 2.46. The van der Waals surface area contributed by atoms with Gasteiger partial charge in [0.25, 0.3) is 0 Å². The molecule has 22 heavy (non-hydrogen) atoms. The zero-order chi connectivity index (χ0) is 15.8. The third-order valence-corrected chi connectivity index (χ3v) is 6.03. The first-order valence-corrected chi connectivity index (χ1v) is 8.07. The van der Waals surface area contributed by atoms with E-state index in [9.17, 15) is 0 Å². The van der Waals surface area contributed by atoms with Crippen molar-refractivity contribution < 1.29 is 0 Å². The first-order valence-electron chi connectivity index (χ1n) is 8.07. The van der Waals surface area contributed by atoms with Crippen LogP contribution in [-0.4, -0.2) is 0 Å². The van der Waals surface area contributed by atoms with Crippen LogP contribution in [0, 0.1) is 41.5 Å².